The van der Waals surface area contributed by atoms with Gasteiger partial charge >= 0.3 is 23.9 Å². The molecule has 2 amide bonds. The highest BCUT2D eigenvalue weighted by atomic mass is 19.4. The van der Waals surface area contributed by atoms with Gasteiger partial charge in [0.1, 0.15) is 5.82 Å². The van der Waals surface area contributed by atoms with Gasteiger partial charge in [-0.1, -0.05) is 0 Å². The van der Waals surface area contributed by atoms with Crippen molar-refractivity contribution in [3.63, 3.8) is 0 Å². The quantitative estimate of drug-likeness (QED) is 0.461. The van der Waals surface area contributed by atoms with Crippen molar-refractivity contribution in [1.82, 2.24) is 5.32 Å². The first-order valence-electron chi connectivity index (χ1n) is 7.28. The lowest BCUT2D eigenvalue weighted by Crippen LogP contribution is -2.67. The Kier molecular flexibility index (Phi) is 6.74. The molecule has 0 heterocycles. The fraction of sp³-hybridized carbons (Fsp3) is 0.467. The molecular formula is C15H18F4N2O4. The zero-order chi connectivity index (χ0) is 19.3. The number of nitrogens with one attached hydrogen (secondary N) is 2. The zero-order valence-corrected chi connectivity index (χ0v) is 13.7. The van der Waals surface area contributed by atoms with E-state index in [0.717, 1.165) is 24.3 Å². The second kappa shape index (κ2) is 8.15. The summed E-state index contributed by atoms with van der Waals surface area (Å²) in [5.74, 6) is -2.39. The molecule has 25 heavy (non-hydrogen) atoms. The van der Waals surface area contributed by atoms with Crippen molar-refractivity contribution in [3.8, 4) is 0 Å². The number of urea groups is 1. The van der Waals surface area contributed by atoms with E-state index < -0.39 is 35.8 Å². The molecule has 1 aromatic rings. The van der Waals surface area contributed by atoms with Crippen LogP contribution in [0.25, 0.3) is 0 Å². The molecule has 0 saturated carbocycles. The van der Waals surface area contributed by atoms with E-state index >= 15 is 0 Å². The standard InChI is InChI=1S/C15H18F4N2O4/c1-4-24-12(22)14(15(17,18)19,25-9(2)3)21-13(23)20-11-7-5-10(16)6-8-11/h5-9H,4H2,1-3H3,(H2,20,21,23)/t14-/m0/s1. The van der Waals surface area contributed by atoms with Gasteiger partial charge in [0.05, 0.1) is 12.7 Å². The molecule has 0 radical (unpaired) electrons. The number of carbonyl (C=O) groups is 2. The van der Waals surface area contributed by atoms with E-state index in [1.54, 1.807) is 0 Å². The maximum atomic E-state index is 13.5. The number of alkyl halides is 3. The molecule has 0 saturated heterocycles. The Balaban J connectivity index is 3.10. The Hall–Kier alpha value is -2.36. The zero-order valence-electron chi connectivity index (χ0n) is 13.7. The van der Waals surface area contributed by atoms with Gasteiger partial charge in [0.15, 0.2) is 0 Å². The average molecular weight is 366 g/mol. The highest BCUT2D eigenvalue weighted by molar-refractivity contribution is 5.94. The third-order valence-corrected chi connectivity index (χ3v) is 2.77. The van der Waals surface area contributed by atoms with Crippen LogP contribution in [0.3, 0.4) is 0 Å². The summed E-state index contributed by atoms with van der Waals surface area (Å²) < 4.78 is 62.6. The van der Waals surface area contributed by atoms with E-state index in [4.69, 9.17) is 4.74 Å². The minimum Gasteiger partial charge on any atom is -0.462 e. The van der Waals surface area contributed by atoms with Gasteiger partial charge in [0.2, 0.25) is 0 Å². The van der Waals surface area contributed by atoms with Crippen molar-refractivity contribution in [1.29, 1.82) is 0 Å². The predicted octanol–water partition coefficient (Wildman–Crippen LogP) is 3.19. The minimum atomic E-state index is -5.29. The summed E-state index contributed by atoms with van der Waals surface area (Å²) in [5, 5.41) is 3.55. The van der Waals surface area contributed by atoms with Crippen LogP contribution in [0.2, 0.25) is 0 Å². The molecule has 0 unspecified atom stereocenters. The highest BCUT2D eigenvalue weighted by Gasteiger charge is 2.65. The number of rotatable bonds is 6. The maximum Gasteiger partial charge on any atom is 0.448 e. The summed E-state index contributed by atoms with van der Waals surface area (Å²) in [6, 6.07) is 2.90. The Morgan fingerprint density at radius 3 is 2.16 bits per heavy atom. The number of esters is 1. The average Bonchev–Trinajstić information content (AvgIpc) is 2.47. The Morgan fingerprint density at radius 1 is 1.16 bits per heavy atom. The van der Waals surface area contributed by atoms with Crippen LogP contribution >= 0.6 is 0 Å². The topological polar surface area (TPSA) is 76.7 Å². The lowest BCUT2D eigenvalue weighted by molar-refractivity contribution is -0.292. The van der Waals surface area contributed by atoms with Crippen LogP contribution in [0.5, 0.6) is 0 Å². The van der Waals surface area contributed by atoms with Crippen LogP contribution in [-0.4, -0.2) is 36.6 Å². The normalized spacial score (nSPS) is 13.9. The Morgan fingerprint density at radius 2 is 1.72 bits per heavy atom. The number of halogens is 4. The van der Waals surface area contributed by atoms with Gasteiger partial charge in [0, 0.05) is 5.69 Å². The summed E-state index contributed by atoms with van der Waals surface area (Å²) in [6.45, 7) is 3.49. The molecule has 2 N–H and O–H groups in total. The molecule has 0 spiro atoms. The highest BCUT2D eigenvalue weighted by Crippen LogP contribution is 2.34. The fourth-order valence-electron chi connectivity index (χ4n) is 1.82. The van der Waals surface area contributed by atoms with Crippen molar-refractivity contribution in [2.24, 2.45) is 0 Å². The van der Waals surface area contributed by atoms with E-state index in [-0.39, 0.29) is 12.3 Å². The Labute approximate surface area is 141 Å². The van der Waals surface area contributed by atoms with Crippen LogP contribution < -0.4 is 10.6 Å². The number of hydrogen-bond acceptors (Lipinski definition) is 4. The number of ether oxygens (including phenoxy) is 2. The second-order valence-corrected chi connectivity index (χ2v) is 5.15. The molecule has 1 atom stereocenters. The lowest BCUT2D eigenvalue weighted by Gasteiger charge is -2.34. The van der Waals surface area contributed by atoms with Crippen molar-refractivity contribution in [2.75, 3.05) is 11.9 Å². The van der Waals surface area contributed by atoms with Gasteiger partial charge in [-0.25, -0.2) is 14.0 Å². The maximum absolute atomic E-state index is 13.5. The van der Waals surface area contributed by atoms with Gasteiger partial charge in [-0.3, -0.25) is 5.32 Å². The molecule has 0 aliphatic heterocycles. The molecule has 0 aliphatic rings. The van der Waals surface area contributed by atoms with Crippen molar-refractivity contribution in [2.45, 2.75) is 38.8 Å². The van der Waals surface area contributed by atoms with Gasteiger partial charge < -0.3 is 14.8 Å². The number of anilines is 1. The van der Waals surface area contributed by atoms with E-state index in [2.05, 4.69) is 10.1 Å². The molecule has 0 aromatic heterocycles. The molecule has 140 valence electrons. The summed E-state index contributed by atoms with van der Waals surface area (Å²) >= 11 is 0. The molecule has 1 rings (SSSR count). The molecular weight excluding hydrogens is 348 g/mol. The number of amides is 2. The van der Waals surface area contributed by atoms with Crippen molar-refractivity contribution < 1.29 is 36.6 Å². The number of benzene rings is 1. The van der Waals surface area contributed by atoms with Crippen molar-refractivity contribution >= 4 is 17.7 Å². The lowest BCUT2D eigenvalue weighted by atomic mass is 10.2. The first-order valence-corrected chi connectivity index (χ1v) is 7.28. The smallest absolute Gasteiger partial charge is 0.448 e. The van der Waals surface area contributed by atoms with Crippen LogP contribution in [-0.2, 0) is 14.3 Å². The van der Waals surface area contributed by atoms with Gasteiger partial charge in [-0.2, -0.15) is 13.2 Å². The predicted molar refractivity (Wildman–Crippen MR) is 80.2 cm³/mol. The molecule has 1 aromatic carbocycles. The minimum absolute atomic E-state index is 0.0170. The Bertz CT molecular complexity index is 605. The van der Waals surface area contributed by atoms with Crippen LogP contribution in [0.4, 0.5) is 28.0 Å². The van der Waals surface area contributed by atoms with E-state index in [1.165, 1.54) is 26.1 Å². The molecule has 0 bridgehead atoms. The van der Waals surface area contributed by atoms with E-state index in [9.17, 15) is 27.2 Å². The molecule has 10 heteroatoms. The second-order valence-electron chi connectivity index (χ2n) is 5.15. The van der Waals surface area contributed by atoms with E-state index in [1.807, 2.05) is 0 Å². The van der Waals surface area contributed by atoms with Crippen LogP contribution in [0, 0.1) is 5.82 Å². The van der Waals surface area contributed by atoms with Crippen LogP contribution in [0.1, 0.15) is 20.8 Å². The van der Waals surface area contributed by atoms with Gasteiger partial charge in [0.25, 0.3) is 0 Å². The fourth-order valence-corrected chi connectivity index (χ4v) is 1.82. The van der Waals surface area contributed by atoms with Gasteiger partial charge in [-0.05, 0) is 45.0 Å². The van der Waals surface area contributed by atoms with Crippen LogP contribution in [0.15, 0.2) is 24.3 Å². The molecule has 6 nitrogen and oxygen atoms in total. The largest absolute Gasteiger partial charge is 0.462 e. The summed E-state index contributed by atoms with van der Waals surface area (Å²) in [6.07, 6.45) is -6.35. The molecule has 0 fully saturated rings. The first kappa shape index (κ1) is 20.7. The summed E-state index contributed by atoms with van der Waals surface area (Å²) in [7, 11) is 0. The monoisotopic (exact) mass is 366 g/mol. The third kappa shape index (κ3) is 5.31. The molecule has 0 aliphatic carbocycles. The third-order valence-electron chi connectivity index (χ3n) is 2.77. The number of carbonyl (C=O) groups excluding carboxylic acids is 2. The summed E-state index contributed by atoms with van der Waals surface area (Å²) in [5.41, 5.74) is -3.66. The first-order chi connectivity index (χ1) is 11.5. The SMILES string of the molecule is CCOC(=O)[C@](NC(=O)Nc1ccc(F)cc1)(OC(C)C)C(F)(F)F. The number of hydrogen-bond donors (Lipinski definition) is 2. The van der Waals surface area contributed by atoms with Gasteiger partial charge in [-0.15, -0.1) is 0 Å². The van der Waals surface area contributed by atoms with E-state index in [0.29, 0.717) is 0 Å². The summed E-state index contributed by atoms with van der Waals surface area (Å²) in [4.78, 5) is 23.9. The van der Waals surface area contributed by atoms with Crippen molar-refractivity contribution in [3.05, 3.63) is 30.1 Å².